The number of carbonyl (C=O) groups is 1. The van der Waals surface area contributed by atoms with Gasteiger partial charge in [-0.05, 0) is 38.5 Å². The van der Waals surface area contributed by atoms with Gasteiger partial charge in [0.15, 0.2) is 0 Å². The van der Waals surface area contributed by atoms with Crippen molar-refractivity contribution in [3.05, 3.63) is 0 Å². The van der Waals surface area contributed by atoms with E-state index in [0.29, 0.717) is 0 Å². The molecule has 4 heteroatoms. The highest BCUT2D eigenvalue weighted by Crippen LogP contribution is 2.34. The van der Waals surface area contributed by atoms with Crippen LogP contribution >= 0.6 is 0 Å². The van der Waals surface area contributed by atoms with Crippen molar-refractivity contribution in [2.24, 2.45) is 5.73 Å². The monoisotopic (exact) mass is 198 g/mol. The van der Waals surface area contributed by atoms with E-state index in [1.54, 1.807) is 0 Å². The SMILES string of the molecule is NC1(C(=O)NC2(CO)CCC2)CCC1. The zero-order valence-electron chi connectivity index (χ0n) is 8.38. The van der Waals surface area contributed by atoms with E-state index in [-0.39, 0.29) is 18.1 Å². The van der Waals surface area contributed by atoms with Gasteiger partial charge in [-0.1, -0.05) is 0 Å². The van der Waals surface area contributed by atoms with Crippen LogP contribution in [0, 0.1) is 0 Å². The molecule has 0 aliphatic heterocycles. The predicted molar refractivity (Wildman–Crippen MR) is 52.6 cm³/mol. The first-order valence-electron chi connectivity index (χ1n) is 5.33. The van der Waals surface area contributed by atoms with Gasteiger partial charge >= 0.3 is 0 Å². The molecular formula is C10H18N2O2. The molecule has 0 heterocycles. The minimum atomic E-state index is -0.641. The van der Waals surface area contributed by atoms with E-state index in [9.17, 15) is 9.90 Å². The second kappa shape index (κ2) is 3.21. The normalized spacial score (nSPS) is 27.3. The van der Waals surface area contributed by atoms with Gasteiger partial charge in [0, 0.05) is 0 Å². The summed E-state index contributed by atoms with van der Waals surface area (Å²) in [5.41, 5.74) is 4.90. The molecule has 0 bridgehead atoms. The van der Waals surface area contributed by atoms with Crippen LogP contribution in [0.15, 0.2) is 0 Å². The van der Waals surface area contributed by atoms with Crippen molar-refractivity contribution in [2.45, 2.75) is 49.6 Å². The van der Waals surface area contributed by atoms with Crippen molar-refractivity contribution in [2.75, 3.05) is 6.61 Å². The molecule has 0 aromatic heterocycles. The van der Waals surface area contributed by atoms with Crippen LogP contribution < -0.4 is 11.1 Å². The van der Waals surface area contributed by atoms with E-state index in [0.717, 1.165) is 38.5 Å². The summed E-state index contributed by atoms with van der Waals surface area (Å²) < 4.78 is 0. The summed E-state index contributed by atoms with van der Waals surface area (Å²) in [5, 5.41) is 12.1. The molecule has 2 aliphatic carbocycles. The van der Waals surface area contributed by atoms with Gasteiger partial charge < -0.3 is 16.2 Å². The molecule has 0 radical (unpaired) electrons. The molecule has 0 atom stereocenters. The van der Waals surface area contributed by atoms with E-state index < -0.39 is 5.54 Å². The highest BCUT2D eigenvalue weighted by atomic mass is 16.3. The number of amides is 1. The fourth-order valence-electron chi connectivity index (χ4n) is 2.08. The fourth-order valence-corrected chi connectivity index (χ4v) is 2.08. The summed E-state index contributed by atoms with van der Waals surface area (Å²) in [7, 11) is 0. The molecule has 0 unspecified atom stereocenters. The second-order valence-electron chi connectivity index (χ2n) is 4.76. The predicted octanol–water partition coefficient (Wildman–Crippen LogP) is -0.101. The Bertz CT molecular complexity index is 239. The molecule has 2 rings (SSSR count). The molecule has 4 nitrogen and oxygen atoms in total. The van der Waals surface area contributed by atoms with Gasteiger partial charge in [-0.25, -0.2) is 0 Å². The van der Waals surface area contributed by atoms with Crippen LogP contribution in [0.4, 0.5) is 0 Å². The fraction of sp³-hybridized carbons (Fsp3) is 0.900. The Labute approximate surface area is 83.9 Å². The Hall–Kier alpha value is -0.610. The third-order valence-corrected chi connectivity index (χ3v) is 3.69. The number of nitrogens with two attached hydrogens (primary N) is 1. The molecule has 14 heavy (non-hydrogen) atoms. The van der Waals surface area contributed by atoms with Gasteiger partial charge in [-0.3, -0.25) is 4.79 Å². The van der Waals surface area contributed by atoms with Crippen LogP contribution in [0.25, 0.3) is 0 Å². The maximum Gasteiger partial charge on any atom is 0.240 e. The highest BCUT2D eigenvalue weighted by molar-refractivity contribution is 5.87. The van der Waals surface area contributed by atoms with E-state index in [1.165, 1.54) is 0 Å². The summed E-state index contributed by atoms with van der Waals surface area (Å²) >= 11 is 0. The molecule has 0 aromatic rings. The lowest BCUT2D eigenvalue weighted by molar-refractivity contribution is -0.133. The first-order valence-corrected chi connectivity index (χ1v) is 5.33. The number of aliphatic hydroxyl groups excluding tert-OH is 1. The van der Waals surface area contributed by atoms with Gasteiger partial charge in [0.05, 0.1) is 17.7 Å². The largest absolute Gasteiger partial charge is 0.394 e. The standard InChI is InChI=1S/C10H18N2O2/c11-10(5-2-6-10)8(14)12-9(7-13)3-1-4-9/h13H,1-7,11H2,(H,12,14). The maximum atomic E-state index is 11.8. The van der Waals surface area contributed by atoms with Crippen LogP contribution in [0.2, 0.25) is 0 Å². The summed E-state index contributed by atoms with van der Waals surface area (Å²) in [6, 6.07) is 0. The third-order valence-electron chi connectivity index (χ3n) is 3.69. The van der Waals surface area contributed by atoms with Gasteiger partial charge in [0.25, 0.3) is 0 Å². The van der Waals surface area contributed by atoms with Crippen molar-refractivity contribution in [3.8, 4) is 0 Å². The van der Waals surface area contributed by atoms with Gasteiger partial charge in [-0.15, -0.1) is 0 Å². The second-order valence-corrected chi connectivity index (χ2v) is 4.76. The molecule has 80 valence electrons. The van der Waals surface area contributed by atoms with Crippen LogP contribution in [0.5, 0.6) is 0 Å². The first-order chi connectivity index (χ1) is 6.60. The lowest BCUT2D eigenvalue weighted by Crippen LogP contribution is -2.66. The quantitative estimate of drug-likeness (QED) is 0.592. The third kappa shape index (κ3) is 1.42. The van der Waals surface area contributed by atoms with Crippen molar-refractivity contribution in [3.63, 3.8) is 0 Å². The van der Waals surface area contributed by atoms with Crippen molar-refractivity contribution in [1.29, 1.82) is 0 Å². The number of rotatable bonds is 3. The molecule has 2 fully saturated rings. The Morgan fingerprint density at radius 2 is 1.86 bits per heavy atom. The van der Waals surface area contributed by atoms with E-state index in [2.05, 4.69) is 5.32 Å². The number of carbonyl (C=O) groups excluding carboxylic acids is 1. The molecule has 0 spiro atoms. The van der Waals surface area contributed by atoms with Crippen LogP contribution in [-0.4, -0.2) is 28.7 Å². The Morgan fingerprint density at radius 1 is 1.29 bits per heavy atom. The lowest BCUT2D eigenvalue weighted by Gasteiger charge is -2.45. The molecule has 2 saturated carbocycles. The van der Waals surface area contributed by atoms with Gasteiger partial charge in [0.1, 0.15) is 0 Å². The lowest BCUT2D eigenvalue weighted by atomic mass is 9.73. The zero-order valence-corrected chi connectivity index (χ0v) is 8.38. The van der Waals surface area contributed by atoms with Crippen molar-refractivity contribution < 1.29 is 9.90 Å². The summed E-state index contributed by atoms with van der Waals surface area (Å²) in [5.74, 6) is -0.0718. The summed E-state index contributed by atoms with van der Waals surface area (Å²) in [6.07, 6.45) is 5.44. The van der Waals surface area contributed by atoms with Crippen LogP contribution in [0.1, 0.15) is 38.5 Å². The van der Waals surface area contributed by atoms with E-state index >= 15 is 0 Å². The molecule has 0 saturated heterocycles. The van der Waals surface area contributed by atoms with Crippen LogP contribution in [-0.2, 0) is 4.79 Å². The van der Waals surface area contributed by atoms with E-state index in [1.807, 2.05) is 0 Å². The van der Waals surface area contributed by atoms with Crippen molar-refractivity contribution >= 4 is 5.91 Å². The minimum absolute atomic E-state index is 0.0365. The minimum Gasteiger partial charge on any atom is -0.394 e. The highest BCUT2D eigenvalue weighted by Gasteiger charge is 2.45. The molecule has 4 N–H and O–H groups in total. The topological polar surface area (TPSA) is 75.4 Å². The maximum absolute atomic E-state index is 11.8. The average Bonchev–Trinajstić information content (AvgIpc) is 2.07. The van der Waals surface area contributed by atoms with Gasteiger partial charge in [-0.2, -0.15) is 0 Å². The first kappa shape index (κ1) is 9.93. The number of aliphatic hydroxyl groups is 1. The molecule has 2 aliphatic rings. The average molecular weight is 198 g/mol. The summed E-state index contributed by atoms with van der Waals surface area (Å²) in [4.78, 5) is 11.8. The number of hydrogen-bond acceptors (Lipinski definition) is 3. The Balaban J connectivity index is 1.93. The zero-order chi connectivity index (χ0) is 10.2. The Morgan fingerprint density at radius 3 is 2.14 bits per heavy atom. The number of nitrogens with one attached hydrogen (secondary N) is 1. The molecule has 0 aromatic carbocycles. The molecule has 1 amide bonds. The Kier molecular flexibility index (Phi) is 2.27. The van der Waals surface area contributed by atoms with Gasteiger partial charge in [0.2, 0.25) is 5.91 Å². The summed E-state index contributed by atoms with van der Waals surface area (Å²) in [6.45, 7) is 0.0365. The molecular weight excluding hydrogens is 180 g/mol. The van der Waals surface area contributed by atoms with E-state index in [4.69, 9.17) is 5.73 Å². The van der Waals surface area contributed by atoms with Crippen molar-refractivity contribution in [1.82, 2.24) is 5.32 Å². The number of hydrogen-bond donors (Lipinski definition) is 3. The smallest absolute Gasteiger partial charge is 0.240 e. The van der Waals surface area contributed by atoms with Crippen LogP contribution in [0.3, 0.4) is 0 Å².